The van der Waals surface area contributed by atoms with Gasteiger partial charge in [0.1, 0.15) is 6.33 Å². The Morgan fingerprint density at radius 1 is 1.27 bits per heavy atom. The smallest absolute Gasteiger partial charge is 0.206 e. The maximum atomic E-state index is 4.95. The predicted octanol–water partition coefficient (Wildman–Crippen LogP) is 4.62. The number of nitrogens with zero attached hydrogens (tertiary/aromatic N) is 5. The van der Waals surface area contributed by atoms with Gasteiger partial charge in [-0.05, 0) is 48.1 Å². The predicted molar refractivity (Wildman–Crippen MR) is 123 cm³/mol. The molecule has 0 spiro atoms. The van der Waals surface area contributed by atoms with Gasteiger partial charge in [0.05, 0.1) is 11.4 Å². The van der Waals surface area contributed by atoms with E-state index in [1.54, 1.807) is 12.5 Å². The van der Waals surface area contributed by atoms with Crippen molar-refractivity contribution in [2.24, 2.45) is 10.9 Å². The van der Waals surface area contributed by atoms with Crippen LogP contribution in [0.2, 0.25) is 0 Å². The number of hydrogen-bond donors (Lipinski definition) is 0. The summed E-state index contributed by atoms with van der Waals surface area (Å²) in [4.78, 5) is 17.8. The zero-order chi connectivity index (χ0) is 21.1. The van der Waals surface area contributed by atoms with Crippen LogP contribution in [0.3, 0.4) is 0 Å². The Balaban J connectivity index is 1.57. The fraction of sp³-hybridized carbons (Fsp3) is 0.320. The first-order chi connectivity index (χ1) is 14.6. The zero-order valence-electron chi connectivity index (χ0n) is 17.9. The summed E-state index contributed by atoms with van der Waals surface area (Å²) in [6, 6.07) is 10.7. The van der Waals surface area contributed by atoms with Crippen LogP contribution in [0.25, 0.3) is 11.3 Å². The molecule has 4 rings (SSSR count). The number of aliphatic imine (C=N–C) groups is 1. The second-order valence-electron chi connectivity index (χ2n) is 7.95. The van der Waals surface area contributed by atoms with Gasteiger partial charge in [-0.3, -0.25) is 0 Å². The molecule has 0 N–H and O–H groups in total. The fourth-order valence-electron chi connectivity index (χ4n) is 4.12. The van der Waals surface area contributed by atoms with E-state index in [2.05, 4.69) is 64.1 Å². The monoisotopic (exact) mass is 399 g/mol. The standard InChI is InChI=1S/C25H29N5/c1-5-20-8-6-9-21(15-20)19(3)22-10-7-13-30(16-22)25-28-24(14-18(2)29(25)4)23-11-12-26-17-27-23/h6,8-9,11-12,14-15,17,22H,2-3,5,7,10,13,16H2,1,4H3. The summed E-state index contributed by atoms with van der Waals surface area (Å²) in [6.07, 6.45) is 8.58. The Kier molecular flexibility index (Phi) is 5.79. The van der Waals surface area contributed by atoms with Gasteiger partial charge in [-0.15, -0.1) is 0 Å². The number of aryl methyl sites for hydroxylation is 1. The highest BCUT2D eigenvalue weighted by atomic mass is 15.4. The molecule has 1 unspecified atom stereocenters. The minimum absolute atomic E-state index is 0.406. The number of aromatic nitrogens is 2. The first-order valence-electron chi connectivity index (χ1n) is 10.6. The normalized spacial score (nSPS) is 19.4. The highest BCUT2D eigenvalue weighted by Crippen LogP contribution is 2.32. The Morgan fingerprint density at radius 3 is 2.90 bits per heavy atom. The van der Waals surface area contributed by atoms with E-state index in [0.717, 1.165) is 55.4 Å². The molecule has 1 saturated heterocycles. The van der Waals surface area contributed by atoms with Crippen LogP contribution in [-0.2, 0) is 6.42 Å². The average Bonchev–Trinajstić information content (AvgIpc) is 2.81. The third kappa shape index (κ3) is 4.06. The summed E-state index contributed by atoms with van der Waals surface area (Å²) >= 11 is 0. The lowest BCUT2D eigenvalue weighted by Gasteiger charge is -2.40. The molecule has 1 aromatic carbocycles. The molecule has 154 valence electrons. The minimum Gasteiger partial charge on any atom is -0.342 e. The molecule has 0 bridgehead atoms. The molecule has 0 amide bonds. The van der Waals surface area contributed by atoms with Gasteiger partial charge in [-0.2, -0.15) is 0 Å². The molecule has 30 heavy (non-hydrogen) atoms. The summed E-state index contributed by atoms with van der Waals surface area (Å²) < 4.78 is 0. The van der Waals surface area contributed by atoms with E-state index in [9.17, 15) is 0 Å². The fourth-order valence-corrected chi connectivity index (χ4v) is 4.12. The van der Waals surface area contributed by atoms with Crippen LogP contribution in [0, 0.1) is 5.92 Å². The number of likely N-dealkylation sites (N-methyl/N-ethyl adjacent to an activating group) is 1. The van der Waals surface area contributed by atoms with Crippen molar-refractivity contribution in [3.8, 4) is 0 Å². The van der Waals surface area contributed by atoms with Crippen molar-refractivity contribution in [3.63, 3.8) is 0 Å². The molecule has 2 aliphatic rings. The van der Waals surface area contributed by atoms with Gasteiger partial charge in [-0.1, -0.05) is 44.3 Å². The Bertz CT molecular complexity index is 1010. The molecular formula is C25H29N5. The third-order valence-corrected chi connectivity index (χ3v) is 6.00. The number of benzene rings is 1. The van der Waals surface area contributed by atoms with E-state index in [1.165, 1.54) is 16.7 Å². The molecule has 0 aliphatic carbocycles. The van der Waals surface area contributed by atoms with Crippen molar-refractivity contribution < 1.29 is 0 Å². The van der Waals surface area contributed by atoms with Crippen LogP contribution >= 0.6 is 0 Å². The van der Waals surface area contributed by atoms with E-state index >= 15 is 0 Å². The molecular weight excluding hydrogens is 370 g/mol. The van der Waals surface area contributed by atoms with E-state index in [0.29, 0.717) is 5.92 Å². The van der Waals surface area contributed by atoms with Crippen molar-refractivity contribution in [1.82, 2.24) is 19.8 Å². The Hall–Kier alpha value is -3.21. The van der Waals surface area contributed by atoms with E-state index in [-0.39, 0.29) is 0 Å². The first-order valence-corrected chi connectivity index (χ1v) is 10.6. The number of likely N-dealkylation sites (tertiary alicyclic amines) is 1. The van der Waals surface area contributed by atoms with Crippen LogP contribution in [0.1, 0.15) is 36.6 Å². The SMILES string of the molecule is C=C(c1cccc(CC)c1)C1CCCN(C2=NC(c3ccncn3)=CC(=C)N2C)C1. The second-order valence-corrected chi connectivity index (χ2v) is 7.95. The van der Waals surface area contributed by atoms with Crippen LogP contribution in [0.15, 0.2) is 72.8 Å². The summed E-state index contributed by atoms with van der Waals surface area (Å²) in [7, 11) is 2.03. The lowest BCUT2D eigenvalue weighted by Crippen LogP contribution is -2.47. The summed E-state index contributed by atoms with van der Waals surface area (Å²) in [5.74, 6) is 1.33. The molecule has 0 saturated carbocycles. The molecule has 5 heteroatoms. The lowest BCUT2D eigenvalue weighted by atomic mass is 9.86. The highest BCUT2D eigenvalue weighted by molar-refractivity contribution is 5.91. The summed E-state index contributed by atoms with van der Waals surface area (Å²) in [5, 5.41) is 0. The Morgan fingerprint density at radius 2 is 2.13 bits per heavy atom. The van der Waals surface area contributed by atoms with Crippen molar-refractivity contribution in [2.75, 3.05) is 20.1 Å². The highest BCUT2D eigenvalue weighted by Gasteiger charge is 2.29. The maximum Gasteiger partial charge on any atom is 0.206 e. The van der Waals surface area contributed by atoms with Crippen LogP contribution in [-0.4, -0.2) is 45.9 Å². The maximum absolute atomic E-state index is 4.95. The molecule has 1 aromatic heterocycles. The molecule has 1 atom stereocenters. The molecule has 5 nitrogen and oxygen atoms in total. The zero-order valence-corrected chi connectivity index (χ0v) is 17.9. The van der Waals surface area contributed by atoms with E-state index < -0.39 is 0 Å². The third-order valence-electron chi connectivity index (χ3n) is 6.00. The number of piperidine rings is 1. The number of rotatable bonds is 4. The summed E-state index contributed by atoms with van der Waals surface area (Å²) in [5.41, 5.74) is 6.38. The van der Waals surface area contributed by atoms with Crippen molar-refractivity contribution in [1.29, 1.82) is 0 Å². The average molecular weight is 400 g/mol. The van der Waals surface area contributed by atoms with Crippen molar-refractivity contribution in [3.05, 3.63) is 84.6 Å². The van der Waals surface area contributed by atoms with E-state index in [4.69, 9.17) is 4.99 Å². The molecule has 2 aliphatic heterocycles. The molecule has 1 fully saturated rings. The minimum atomic E-state index is 0.406. The van der Waals surface area contributed by atoms with E-state index in [1.807, 2.05) is 19.2 Å². The van der Waals surface area contributed by atoms with Gasteiger partial charge in [-0.25, -0.2) is 15.0 Å². The number of hydrogen-bond acceptors (Lipinski definition) is 5. The van der Waals surface area contributed by atoms with Crippen molar-refractivity contribution >= 4 is 17.2 Å². The van der Waals surface area contributed by atoms with Crippen LogP contribution in [0.5, 0.6) is 0 Å². The van der Waals surface area contributed by atoms with Gasteiger partial charge in [0, 0.05) is 37.9 Å². The number of guanidine groups is 1. The Labute approximate surface area is 179 Å². The first kappa shape index (κ1) is 20.1. The van der Waals surface area contributed by atoms with Gasteiger partial charge >= 0.3 is 0 Å². The van der Waals surface area contributed by atoms with Gasteiger partial charge in [0.2, 0.25) is 5.96 Å². The largest absolute Gasteiger partial charge is 0.342 e. The van der Waals surface area contributed by atoms with Gasteiger partial charge < -0.3 is 9.80 Å². The van der Waals surface area contributed by atoms with Crippen LogP contribution < -0.4 is 0 Å². The molecule has 2 aromatic rings. The lowest BCUT2D eigenvalue weighted by molar-refractivity contribution is 0.275. The topological polar surface area (TPSA) is 44.6 Å². The second kappa shape index (κ2) is 8.66. The van der Waals surface area contributed by atoms with Gasteiger partial charge in [0.25, 0.3) is 0 Å². The van der Waals surface area contributed by atoms with Crippen LogP contribution in [0.4, 0.5) is 0 Å². The quantitative estimate of drug-likeness (QED) is 0.752. The summed E-state index contributed by atoms with van der Waals surface area (Å²) in [6.45, 7) is 12.8. The molecule has 0 radical (unpaired) electrons. The van der Waals surface area contributed by atoms with Gasteiger partial charge in [0.15, 0.2) is 0 Å². The molecule has 3 heterocycles. The number of allylic oxidation sites excluding steroid dienone is 1. The van der Waals surface area contributed by atoms with Crippen molar-refractivity contribution in [2.45, 2.75) is 26.2 Å².